The van der Waals surface area contributed by atoms with Crippen LogP contribution in [0.15, 0.2) is 53.5 Å². The van der Waals surface area contributed by atoms with Gasteiger partial charge in [0.2, 0.25) is 0 Å². The summed E-state index contributed by atoms with van der Waals surface area (Å²) in [6.07, 6.45) is 1.75. The Labute approximate surface area is 81.4 Å². The highest BCUT2D eigenvalue weighted by atomic mass is 16.1. The van der Waals surface area contributed by atoms with Gasteiger partial charge < -0.3 is 5.73 Å². The molecule has 0 fully saturated rings. The van der Waals surface area contributed by atoms with Crippen LogP contribution in [-0.4, -0.2) is 4.57 Å². The molecule has 14 heavy (non-hydrogen) atoms. The maximum Gasteiger partial charge on any atom is 0.255 e. The summed E-state index contributed by atoms with van der Waals surface area (Å²) in [6, 6.07) is 12.6. The Morgan fingerprint density at radius 2 is 1.71 bits per heavy atom. The zero-order valence-electron chi connectivity index (χ0n) is 7.68. The number of benzene rings is 1. The van der Waals surface area contributed by atoms with Crippen molar-refractivity contribution in [3.63, 3.8) is 0 Å². The van der Waals surface area contributed by atoms with Crippen LogP contribution in [0.1, 0.15) is 0 Å². The van der Waals surface area contributed by atoms with Crippen LogP contribution in [0.25, 0.3) is 5.69 Å². The molecule has 70 valence electrons. The van der Waals surface area contributed by atoms with Crippen LogP contribution in [0.4, 0.5) is 5.69 Å². The minimum absolute atomic E-state index is 0.0238. The van der Waals surface area contributed by atoms with Gasteiger partial charge in [-0.2, -0.15) is 0 Å². The summed E-state index contributed by atoms with van der Waals surface area (Å²) >= 11 is 0. The summed E-state index contributed by atoms with van der Waals surface area (Å²) in [5.74, 6) is 0. The van der Waals surface area contributed by atoms with Gasteiger partial charge in [-0.3, -0.25) is 9.36 Å². The van der Waals surface area contributed by atoms with Crippen LogP contribution in [0.5, 0.6) is 0 Å². The molecular weight excluding hydrogens is 176 g/mol. The second-order valence-corrected chi connectivity index (χ2v) is 3.08. The quantitative estimate of drug-likeness (QED) is 0.702. The summed E-state index contributed by atoms with van der Waals surface area (Å²) in [4.78, 5) is 11.5. The molecule has 2 aromatic rings. The third-order valence-corrected chi connectivity index (χ3v) is 2.04. The molecule has 0 radical (unpaired) electrons. The van der Waals surface area contributed by atoms with Gasteiger partial charge in [0.15, 0.2) is 0 Å². The zero-order valence-corrected chi connectivity index (χ0v) is 7.68. The molecule has 0 aliphatic heterocycles. The smallest absolute Gasteiger partial charge is 0.255 e. The first-order valence-corrected chi connectivity index (χ1v) is 4.37. The molecule has 0 spiro atoms. The van der Waals surface area contributed by atoms with Crippen LogP contribution in [0, 0.1) is 0 Å². The Morgan fingerprint density at radius 1 is 1.00 bits per heavy atom. The number of pyridine rings is 1. The molecule has 1 heterocycles. The van der Waals surface area contributed by atoms with Gasteiger partial charge in [0, 0.05) is 30.1 Å². The minimum Gasteiger partial charge on any atom is -0.325 e. The summed E-state index contributed by atoms with van der Waals surface area (Å²) < 4.78 is 1.60. The van der Waals surface area contributed by atoms with Crippen molar-refractivity contribution < 1.29 is 5.73 Å². The Hall–Kier alpha value is -1.87. The monoisotopic (exact) mass is 187 g/mol. The lowest BCUT2D eigenvalue weighted by Gasteiger charge is -2.03. The highest BCUT2D eigenvalue weighted by Gasteiger charge is 1.97. The fourth-order valence-corrected chi connectivity index (χ4v) is 1.30. The maximum absolute atomic E-state index is 11.5. The molecule has 0 saturated heterocycles. The normalized spacial score (nSPS) is 10.1. The predicted molar refractivity (Wildman–Crippen MR) is 54.6 cm³/mol. The van der Waals surface area contributed by atoms with E-state index in [-0.39, 0.29) is 5.56 Å². The molecule has 3 heteroatoms. The molecule has 0 aliphatic rings. The first-order chi connectivity index (χ1) is 6.77. The van der Waals surface area contributed by atoms with E-state index in [1.165, 1.54) is 6.07 Å². The number of quaternary nitrogens is 1. The molecule has 0 atom stereocenters. The van der Waals surface area contributed by atoms with E-state index in [0.29, 0.717) is 0 Å². The molecule has 0 saturated carbocycles. The molecule has 1 aromatic carbocycles. The topological polar surface area (TPSA) is 49.6 Å². The van der Waals surface area contributed by atoms with E-state index in [0.717, 1.165) is 11.4 Å². The third kappa shape index (κ3) is 1.58. The minimum atomic E-state index is -0.0238. The summed E-state index contributed by atoms with van der Waals surface area (Å²) in [5.41, 5.74) is 5.57. The fourth-order valence-electron chi connectivity index (χ4n) is 1.30. The Balaban J connectivity index is 2.56. The van der Waals surface area contributed by atoms with Gasteiger partial charge in [-0.05, 0) is 18.2 Å². The standard InChI is InChI=1S/C11H10N2O/c12-9-4-6-10(7-5-9)13-8-2-1-3-11(13)14/h1-8H,12H2/p+1. The highest BCUT2D eigenvalue weighted by Crippen LogP contribution is 2.06. The van der Waals surface area contributed by atoms with Crippen molar-refractivity contribution in [2.75, 3.05) is 0 Å². The number of rotatable bonds is 1. The second-order valence-electron chi connectivity index (χ2n) is 3.08. The predicted octanol–water partition coefficient (Wildman–Crippen LogP) is 0.711. The van der Waals surface area contributed by atoms with E-state index in [2.05, 4.69) is 5.73 Å². The molecule has 0 bridgehead atoms. The third-order valence-electron chi connectivity index (χ3n) is 2.04. The lowest BCUT2D eigenvalue weighted by atomic mass is 10.3. The Morgan fingerprint density at radius 3 is 2.36 bits per heavy atom. The zero-order chi connectivity index (χ0) is 9.97. The van der Waals surface area contributed by atoms with Crippen LogP contribution in [0.3, 0.4) is 0 Å². The Bertz CT molecular complexity index is 485. The summed E-state index contributed by atoms with van der Waals surface area (Å²) in [7, 11) is 0. The van der Waals surface area contributed by atoms with Crippen molar-refractivity contribution in [3.8, 4) is 5.69 Å². The Kier molecular flexibility index (Phi) is 2.16. The maximum atomic E-state index is 11.5. The van der Waals surface area contributed by atoms with Crippen molar-refractivity contribution in [1.29, 1.82) is 0 Å². The average Bonchev–Trinajstić information content (AvgIpc) is 2.20. The largest absolute Gasteiger partial charge is 0.325 e. The molecule has 3 nitrogen and oxygen atoms in total. The molecule has 0 unspecified atom stereocenters. The fraction of sp³-hybridized carbons (Fsp3) is 0. The van der Waals surface area contributed by atoms with Gasteiger partial charge in [0.1, 0.15) is 5.69 Å². The molecule has 1 aromatic heterocycles. The second kappa shape index (κ2) is 3.47. The van der Waals surface area contributed by atoms with Crippen LogP contribution < -0.4 is 11.3 Å². The van der Waals surface area contributed by atoms with Gasteiger partial charge in [-0.1, -0.05) is 6.07 Å². The number of aromatic nitrogens is 1. The van der Waals surface area contributed by atoms with Crippen molar-refractivity contribution in [2.24, 2.45) is 0 Å². The van der Waals surface area contributed by atoms with E-state index in [4.69, 9.17) is 0 Å². The van der Waals surface area contributed by atoms with Gasteiger partial charge in [0.05, 0.1) is 0 Å². The van der Waals surface area contributed by atoms with Gasteiger partial charge in [-0.25, -0.2) is 0 Å². The van der Waals surface area contributed by atoms with E-state index < -0.39 is 0 Å². The number of hydrogen-bond acceptors (Lipinski definition) is 1. The molecule has 3 N–H and O–H groups in total. The first kappa shape index (κ1) is 8.72. The lowest BCUT2D eigenvalue weighted by molar-refractivity contribution is -0.254. The van der Waals surface area contributed by atoms with Crippen LogP contribution >= 0.6 is 0 Å². The van der Waals surface area contributed by atoms with E-state index in [1.54, 1.807) is 16.8 Å². The van der Waals surface area contributed by atoms with Gasteiger partial charge in [0.25, 0.3) is 5.56 Å². The highest BCUT2D eigenvalue weighted by molar-refractivity contribution is 5.39. The number of nitrogens with zero attached hydrogens (tertiary/aromatic N) is 1. The molecule has 2 rings (SSSR count). The van der Waals surface area contributed by atoms with E-state index >= 15 is 0 Å². The van der Waals surface area contributed by atoms with Crippen LogP contribution in [0.2, 0.25) is 0 Å². The van der Waals surface area contributed by atoms with E-state index in [1.807, 2.05) is 30.3 Å². The van der Waals surface area contributed by atoms with Crippen LogP contribution in [-0.2, 0) is 0 Å². The number of hydrogen-bond donors (Lipinski definition) is 1. The van der Waals surface area contributed by atoms with Gasteiger partial charge >= 0.3 is 0 Å². The van der Waals surface area contributed by atoms with Crippen molar-refractivity contribution in [1.82, 2.24) is 4.57 Å². The average molecular weight is 187 g/mol. The van der Waals surface area contributed by atoms with Gasteiger partial charge in [-0.15, -0.1) is 0 Å². The summed E-state index contributed by atoms with van der Waals surface area (Å²) in [5, 5.41) is 0. The molecule has 0 amide bonds. The lowest BCUT2D eigenvalue weighted by Crippen LogP contribution is -2.39. The van der Waals surface area contributed by atoms with Crippen molar-refractivity contribution in [3.05, 3.63) is 59.0 Å². The van der Waals surface area contributed by atoms with Crippen molar-refractivity contribution >= 4 is 5.69 Å². The SMILES string of the molecule is [NH3+]c1ccc(-n2ccccc2=O)cc1. The summed E-state index contributed by atoms with van der Waals surface area (Å²) in [6.45, 7) is 0. The molecular formula is C11H11N2O+. The van der Waals surface area contributed by atoms with Crippen molar-refractivity contribution in [2.45, 2.75) is 0 Å². The van der Waals surface area contributed by atoms with E-state index in [9.17, 15) is 4.79 Å². The first-order valence-electron chi connectivity index (χ1n) is 4.37. The molecule has 0 aliphatic carbocycles.